The van der Waals surface area contributed by atoms with Gasteiger partial charge in [0.1, 0.15) is 5.75 Å². The van der Waals surface area contributed by atoms with Crippen LogP contribution in [0.1, 0.15) is 0 Å². The molecule has 3 aromatic rings. The summed E-state index contributed by atoms with van der Waals surface area (Å²) in [6.07, 6.45) is 0. The second-order valence-corrected chi connectivity index (χ2v) is 4.78. The third-order valence-corrected chi connectivity index (χ3v) is 3.52. The van der Waals surface area contributed by atoms with Gasteiger partial charge in [-0.1, -0.05) is 23.2 Å². The Morgan fingerprint density at radius 2 is 1.61 bits per heavy atom. The number of rotatable bonds is 1. The van der Waals surface area contributed by atoms with E-state index in [-0.39, 0.29) is 0 Å². The molecule has 0 aliphatic rings. The molecular weight excluding hydrogens is 269 g/mol. The lowest BCUT2D eigenvalue weighted by atomic mass is 10.1. The third-order valence-electron chi connectivity index (χ3n) is 2.88. The van der Waals surface area contributed by atoms with E-state index < -0.39 is 0 Å². The summed E-state index contributed by atoms with van der Waals surface area (Å²) in [5.74, 6) is 0.757. The number of methoxy groups -OCH3 is 1. The summed E-state index contributed by atoms with van der Waals surface area (Å²) in [5, 5.41) is 3.15. The van der Waals surface area contributed by atoms with Gasteiger partial charge in [-0.3, -0.25) is 0 Å². The minimum atomic E-state index is 0.647. The number of aromatic nitrogens is 1. The van der Waals surface area contributed by atoms with Gasteiger partial charge in [-0.2, -0.15) is 0 Å². The van der Waals surface area contributed by atoms with Crippen LogP contribution in [0.4, 0.5) is 0 Å². The number of ether oxygens (including phenoxy) is 1. The highest BCUT2D eigenvalue weighted by Crippen LogP contribution is 2.33. The smallest absolute Gasteiger partial charge is 0.121 e. The zero-order valence-electron chi connectivity index (χ0n) is 9.58. The number of hydrogen-bond donors (Lipinski definition) is 0. The predicted octanol–water partition coefficient (Wildman–Crippen LogP) is 4.70. The van der Waals surface area contributed by atoms with Gasteiger partial charge in [0.25, 0.3) is 0 Å². The normalized spacial score (nSPS) is 11.1. The lowest BCUT2D eigenvalue weighted by molar-refractivity contribution is 0.415. The molecule has 0 aliphatic heterocycles. The minimum Gasteiger partial charge on any atom is -0.497 e. The summed E-state index contributed by atoms with van der Waals surface area (Å²) in [7, 11) is 1.63. The summed E-state index contributed by atoms with van der Waals surface area (Å²) >= 11 is 12.4. The molecule has 0 saturated carbocycles. The fourth-order valence-corrected chi connectivity index (χ4v) is 2.46. The van der Waals surface area contributed by atoms with Gasteiger partial charge in [0.15, 0.2) is 0 Å². The van der Waals surface area contributed by atoms with Gasteiger partial charge in [-0.05, 0) is 30.3 Å². The van der Waals surface area contributed by atoms with Gasteiger partial charge in [0.05, 0.1) is 23.2 Å². The van der Waals surface area contributed by atoms with E-state index >= 15 is 0 Å². The van der Waals surface area contributed by atoms with Crippen LogP contribution in [0.25, 0.3) is 21.8 Å². The largest absolute Gasteiger partial charge is 0.497 e. The van der Waals surface area contributed by atoms with Crippen molar-refractivity contribution in [2.24, 2.45) is 0 Å². The first kappa shape index (κ1) is 11.6. The molecule has 0 fully saturated rings. The maximum absolute atomic E-state index is 6.40. The van der Waals surface area contributed by atoms with Crippen LogP contribution in [0.5, 0.6) is 5.75 Å². The van der Waals surface area contributed by atoms with Crippen LogP contribution in [0.15, 0.2) is 36.4 Å². The molecule has 3 rings (SSSR count). The van der Waals surface area contributed by atoms with Gasteiger partial charge in [-0.15, -0.1) is 0 Å². The number of benzene rings is 2. The van der Waals surface area contributed by atoms with Crippen LogP contribution >= 0.6 is 23.2 Å². The molecule has 0 radical (unpaired) electrons. The molecular formula is C14H9Cl2NO. The van der Waals surface area contributed by atoms with E-state index in [0.717, 1.165) is 27.6 Å². The zero-order valence-corrected chi connectivity index (χ0v) is 11.1. The van der Waals surface area contributed by atoms with Gasteiger partial charge < -0.3 is 4.74 Å². The molecule has 90 valence electrons. The van der Waals surface area contributed by atoms with Crippen molar-refractivity contribution in [1.82, 2.24) is 4.98 Å². The highest BCUT2D eigenvalue weighted by molar-refractivity contribution is 6.40. The molecule has 1 aromatic heterocycles. The molecule has 0 atom stereocenters. The van der Waals surface area contributed by atoms with Crippen molar-refractivity contribution in [3.8, 4) is 5.75 Å². The molecule has 1 heterocycles. The van der Waals surface area contributed by atoms with Crippen LogP contribution in [0, 0.1) is 0 Å². The first-order valence-corrected chi connectivity index (χ1v) is 6.17. The lowest BCUT2D eigenvalue weighted by Crippen LogP contribution is -1.87. The van der Waals surface area contributed by atoms with Crippen LogP contribution in [0.3, 0.4) is 0 Å². The van der Waals surface area contributed by atoms with Crippen LogP contribution in [0.2, 0.25) is 10.0 Å². The average Bonchev–Trinajstić information content (AvgIpc) is 2.38. The highest BCUT2D eigenvalue weighted by atomic mass is 35.5. The van der Waals surface area contributed by atoms with E-state index in [2.05, 4.69) is 4.98 Å². The Balaban J connectivity index is 2.44. The van der Waals surface area contributed by atoms with E-state index in [1.54, 1.807) is 7.11 Å². The second-order valence-electron chi connectivity index (χ2n) is 3.97. The van der Waals surface area contributed by atoms with Gasteiger partial charge >= 0.3 is 0 Å². The standard InChI is InChI=1S/C14H9Cl2NO/c1-18-9-3-5-11-13(7-9)17-12-6-8(15)2-4-10(12)14(11)16/h2-7H,1H3. The van der Waals surface area contributed by atoms with Crippen molar-refractivity contribution in [3.63, 3.8) is 0 Å². The van der Waals surface area contributed by atoms with Crippen LogP contribution in [-0.2, 0) is 0 Å². The number of nitrogens with zero attached hydrogens (tertiary/aromatic N) is 1. The van der Waals surface area contributed by atoms with E-state index in [1.807, 2.05) is 36.4 Å². The number of fused-ring (bicyclic) bond motifs is 2. The van der Waals surface area contributed by atoms with Crippen molar-refractivity contribution in [2.45, 2.75) is 0 Å². The quantitative estimate of drug-likeness (QED) is 0.602. The molecule has 0 amide bonds. The third kappa shape index (κ3) is 1.78. The molecule has 18 heavy (non-hydrogen) atoms. The SMILES string of the molecule is COc1ccc2c(Cl)c3ccc(Cl)cc3nc2c1. The second kappa shape index (κ2) is 4.30. The summed E-state index contributed by atoms with van der Waals surface area (Å²) in [5.41, 5.74) is 1.59. The Kier molecular flexibility index (Phi) is 2.77. The molecule has 0 bridgehead atoms. The maximum atomic E-state index is 6.40. The summed E-state index contributed by atoms with van der Waals surface area (Å²) in [6, 6.07) is 11.2. The summed E-state index contributed by atoms with van der Waals surface area (Å²) in [4.78, 5) is 4.56. The van der Waals surface area contributed by atoms with Crippen molar-refractivity contribution >= 4 is 45.0 Å². The summed E-state index contributed by atoms with van der Waals surface area (Å²) in [6.45, 7) is 0. The Morgan fingerprint density at radius 3 is 2.33 bits per heavy atom. The van der Waals surface area contributed by atoms with Gasteiger partial charge in [-0.25, -0.2) is 4.98 Å². The molecule has 0 spiro atoms. The van der Waals surface area contributed by atoms with Crippen molar-refractivity contribution < 1.29 is 4.74 Å². The van der Waals surface area contributed by atoms with Gasteiger partial charge in [0, 0.05) is 21.9 Å². The molecule has 0 aliphatic carbocycles. The number of hydrogen-bond acceptors (Lipinski definition) is 2. The first-order chi connectivity index (χ1) is 8.69. The monoisotopic (exact) mass is 277 g/mol. The molecule has 0 unspecified atom stereocenters. The lowest BCUT2D eigenvalue weighted by Gasteiger charge is -2.07. The Labute approximate surface area is 114 Å². The van der Waals surface area contributed by atoms with Crippen LogP contribution < -0.4 is 4.74 Å². The highest BCUT2D eigenvalue weighted by Gasteiger charge is 2.08. The molecule has 0 N–H and O–H groups in total. The zero-order chi connectivity index (χ0) is 12.7. The Hall–Kier alpha value is -1.51. The van der Waals surface area contributed by atoms with Crippen molar-refractivity contribution in [2.75, 3.05) is 7.11 Å². The van der Waals surface area contributed by atoms with E-state index in [4.69, 9.17) is 27.9 Å². The Morgan fingerprint density at radius 1 is 0.944 bits per heavy atom. The van der Waals surface area contributed by atoms with Gasteiger partial charge in [0.2, 0.25) is 0 Å². The predicted molar refractivity (Wildman–Crippen MR) is 75.8 cm³/mol. The van der Waals surface area contributed by atoms with E-state index in [9.17, 15) is 0 Å². The van der Waals surface area contributed by atoms with Crippen molar-refractivity contribution in [1.29, 1.82) is 0 Å². The molecule has 4 heteroatoms. The van der Waals surface area contributed by atoms with E-state index in [0.29, 0.717) is 10.0 Å². The fourth-order valence-electron chi connectivity index (χ4n) is 1.97. The van der Waals surface area contributed by atoms with Crippen molar-refractivity contribution in [3.05, 3.63) is 46.4 Å². The Bertz CT molecular complexity index is 755. The molecule has 2 nitrogen and oxygen atoms in total. The average molecular weight is 278 g/mol. The molecule has 0 saturated heterocycles. The minimum absolute atomic E-state index is 0.647. The summed E-state index contributed by atoms with van der Waals surface area (Å²) < 4.78 is 5.19. The van der Waals surface area contributed by atoms with Crippen LogP contribution in [-0.4, -0.2) is 12.1 Å². The number of pyridine rings is 1. The maximum Gasteiger partial charge on any atom is 0.121 e. The topological polar surface area (TPSA) is 22.1 Å². The van der Waals surface area contributed by atoms with E-state index in [1.165, 1.54) is 0 Å². The fraction of sp³-hybridized carbons (Fsp3) is 0.0714. The number of halogens is 2. The molecule has 2 aromatic carbocycles. The first-order valence-electron chi connectivity index (χ1n) is 5.41.